The van der Waals surface area contributed by atoms with Crippen LogP contribution in [0.1, 0.15) is 20.8 Å². The van der Waals surface area contributed by atoms with E-state index in [1.807, 2.05) is 24.3 Å². The van der Waals surface area contributed by atoms with Gasteiger partial charge in [-0.2, -0.15) is 0 Å². The molecule has 0 unspecified atom stereocenters. The van der Waals surface area contributed by atoms with Crippen LogP contribution in [-0.2, 0) is 13.1 Å². The first-order chi connectivity index (χ1) is 14.1. The molecule has 9 heteroatoms. The molecule has 0 amide bonds. The second-order valence-electron chi connectivity index (χ2n) is 6.24. The predicted molar refractivity (Wildman–Crippen MR) is 114 cm³/mol. The summed E-state index contributed by atoms with van der Waals surface area (Å²) < 4.78 is 0. The van der Waals surface area contributed by atoms with Crippen LogP contribution in [0.5, 0.6) is 0 Å². The van der Waals surface area contributed by atoms with Crippen molar-refractivity contribution in [1.82, 2.24) is 15.0 Å². The van der Waals surface area contributed by atoms with Crippen molar-refractivity contribution in [2.45, 2.75) is 13.1 Å². The molecule has 29 heavy (non-hydrogen) atoms. The molecule has 0 radical (unpaired) electrons. The van der Waals surface area contributed by atoms with Crippen molar-refractivity contribution in [3.63, 3.8) is 0 Å². The number of para-hydroxylation sites is 1. The third-order valence-electron chi connectivity index (χ3n) is 4.29. The highest BCUT2D eigenvalue weighted by atomic mass is 32.1. The number of rotatable bonds is 7. The normalized spacial score (nSPS) is 10.8. The molecule has 5 N–H and O–H groups in total. The standard InChI is InChI=1S/C20H18N6O2S/c21-8-14-10-23-20(29-14)26-13-4-1-3-12(7-13)9-22-18-15-5-2-6-16(19(27)28)17(15)24-11-25-18/h1-7,10-11H,8-9,21H2,(H,23,26)(H,27,28)(H,22,24,25). The maximum Gasteiger partial charge on any atom is 0.337 e. The van der Waals surface area contributed by atoms with Gasteiger partial charge in [-0.3, -0.25) is 0 Å². The lowest BCUT2D eigenvalue weighted by atomic mass is 10.1. The highest BCUT2D eigenvalue weighted by Gasteiger charge is 2.12. The first kappa shape index (κ1) is 18.8. The van der Waals surface area contributed by atoms with Gasteiger partial charge in [0.1, 0.15) is 12.1 Å². The molecule has 0 aliphatic carbocycles. The summed E-state index contributed by atoms with van der Waals surface area (Å²) >= 11 is 1.52. The zero-order chi connectivity index (χ0) is 20.2. The molecule has 2 aromatic heterocycles. The third kappa shape index (κ3) is 4.15. The van der Waals surface area contributed by atoms with Crippen LogP contribution in [0.15, 0.2) is 55.0 Å². The Labute approximate surface area is 170 Å². The summed E-state index contributed by atoms with van der Waals surface area (Å²) in [6.45, 7) is 0.991. The predicted octanol–water partition coefficient (Wildman–Crippen LogP) is 3.60. The van der Waals surface area contributed by atoms with Gasteiger partial charge >= 0.3 is 5.97 Å². The summed E-state index contributed by atoms with van der Waals surface area (Å²) in [6, 6.07) is 13.0. The van der Waals surface area contributed by atoms with Crippen molar-refractivity contribution in [3.05, 3.63) is 71.0 Å². The van der Waals surface area contributed by atoms with Gasteiger partial charge in [0.25, 0.3) is 0 Å². The Morgan fingerprint density at radius 1 is 1.14 bits per heavy atom. The van der Waals surface area contributed by atoms with E-state index in [2.05, 4.69) is 25.6 Å². The molecule has 0 spiro atoms. The van der Waals surface area contributed by atoms with Gasteiger partial charge in [0.05, 0.1) is 11.1 Å². The monoisotopic (exact) mass is 406 g/mol. The molecular formula is C20H18N6O2S. The van der Waals surface area contributed by atoms with Crippen LogP contribution in [0, 0.1) is 0 Å². The van der Waals surface area contributed by atoms with Crippen LogP contribution in [0.4, 0.5) is 16.6 Å². The van der Waals surface area contributed by atoms with E-state index >= 15 is 0 Å². The Balaban J connectivity index is 1.52. The van der Waals surface area contributed by atoms with Gasteiger partial charge in [-0.1, -0.05) is 18.2 Å². The number of hydrogen-bond acceptors (Lipinski definition) is 8. The average Bonchev–Trinajstić information content (AvgIpc) is 3.19. The second-order valence-corrected chi connectivity index (χ2v) is 7.36. The van der Waals surface area contributed by atoms with Gasteiger partial charge < -0.3 is 21.5 Å². The zero-order valence-corrected chi connectivity index (χ0v) is 16.1. The van der Waals surface area contributed by atoms with E-state index in [1.165, 1.54) is 23.7 Å². The molecule has 0 saturated carbocycles. The van der Waals surface area contributed by atoms with Crippen LogP contribution in [0.2, 0.25) is 0 Å². The van der Waals surface area contributed by atoms with E-state index in [1.54, 1.807) is 18.3 Å². The highest BCUT2D eigenvalue weighted by molar-refractivity contribution is 7.15. The molecule has 2 aromatic carbocycles. The van der Waals surface area contributed by atoms with E-state index in [0.29, 0.717) is 29.8 Å². The topological polar surface area (TPSA) is 126 Å². The fraction of sp³-hybridized carbons (Fsp3) is 0.100. The number of carboxylic acid groups (broad SMARTS) is 1. The molecule has 146 valence electrons. The Hall–Kier alpha value is -3.56. The minimum absolute atomic E-state index is 0.152. The number of nitrogens with zero attached hydrogens (tertiary/aromatic N) is 3. The van der Waals surface area contributed by atoms with Crippen molar-refractivity contribution in [2.75, 3.05) is 10.6 Å². The van der Waals surface area contributed by atoms with Crippen molar-refractivity contribution in [2.24, 2.45) is 5.73 Å². The van der Waals surface area contributed by atoms with Crippen LogP contribution < -0.4 is 16.4 Å². The molecule has 0 aliphatic heterocycles. The number of carbonyl (C=O) groups is 1. The van der Waals surface area contributed by atoms with Gasteiger partial charge in [-0.25, -0.2) is 19.7 Å². The van der Waals surface area contributed by atoms with Crippen LogP contribution in [0.25, 0.3) is 10.9 Å². The number of benzene rings is 2. The Morgan fingerprint density at radius 2 is 2.00 bits per heavy atom. The summed E-state index contributed by atoms with van der Waals surface area (Å²) in [4.78, 5) is 25.1. The zero-order valence-electron chi connectivity index (χ0n) is 15.3. The highest BCUT2D eigenvalue weighted by Crippen LogP contribution is 2.25. The number of nitrogens with one attached hydrogen (secondary N) is 2. The van der Waals surface area contributed by atoms with Crippen molar-refractivity contribution in [1.29, 1.82) is 0 Å². The molecule has 0 fully saturated rings. The van der Waals surface area contributed by atoms with Crippen molar-refractivity contribution in [3.8, 4) is 0 Å². The van der Waals surface area contributed by atoms with Crippen molar-refractivity contribution < 1.29 is 9.90 Å². The van der Waals surface area contributed by atoms with Gasteiger partial charge in [0, 0.05) is 35.2 Å². The largest absolute Gasteiger partial charge is 0.478 e. The molecule has 0 bridgehead atoms. The molecule has 8 nitrogen and oxygen atoms in total. The molecule has 4 rings (SSSR count). The quantitative estimate of drug-likeness (QED) is 0.367. The summed E-state index contributed by atoms with van der Waals surface area (Å²) in [7, 11) is 0. The first-order valence-corrected chi connectivity index (χ1v) is 9.67. The Bertz CT molecular complexity index is 1180. The summed E-state index contributed by atoms with van der Waals surface area (Å²) in [5.41, 5.74) is 8.15. The molecule has 0 atom stereocenters. The smallest absolute Gasteiger partial charge is 0.337 e. The number of aromatic nitrogens is 3. The Morgan fingerprint density at radius 3 is 2.79 bits per heavy atom. The number of nitrogens with two attached hydrogens (primary N) is 1. The number of thiazole rings is 1. The van der Waals surface area contributed by atoms with E-state index in [4.69, 9.17) is 5.73 Å². The van der Waals surface area contributed by atoms with Crippen LogP contribution in [-0.4, -0.2) is 26.0 Å². The van der Waals surface area contributed by atoms with Crippen LogP contribution >= 0.6 is 11.3 Å². The lowest BCUT2D eigenvalue weighted by molar-refractivity contribution is 0.0699. The van der Waals surface area contributed by atoms with E-state index in [-0.39, 0.29) is 5.56 Å². The molecule has 0 aliphatic rings. The lowest BCUT2D eigenvalue weighted by Crippen LogP contribution is -2.05. The summed E-state index contributed by atoms with van der Waals surface area (Å²) in [6.07, 6.45) is 3.14. The summed E-state index contributed by atoms with van der Waals surface area (Å²) in [5.74, 6) is -0.428. The third-order valence-corrected chi connectivity index (χ3v) is 5.22. The number of aromatic carboxylic acids is 1. The molecule has 2 heterocycles. The van der Waals surface area contributed by atoms with Crippen LogP contribution in [0.3, 0.4) is 0 Å². The van der Waals surface area contributed by atoms with Gasteiger partial charge in [-0.05, 0) is 29.8 Å². The Kier molecular flexibility index (Phi) is 5.32. The van der Waals surface area contributed by atoms with Gasteiger partial charge in [0.15, 0.2) is 5.13 Å². The maximum absolute atomic E-state index is 11.4. The average molecular weight is 406 g/mol. The lowest BCUT2D eigenvalue weighted by Gasteiger charge is -2.10. The minimum Gasteiger partial charge on any atom is -0.478 e. The van der Waals surface area contributed by atoms with E-state index in [9.17, 15) is 9.90 Å². The SMILES string of the molecule is NCc1cnc(Nc2cccc(CNc3ncnc4c(C(=O)O)cccc34)c2)s1. The van der Waals surface area contributed by atoms with Gasteiger partial charge in [0.2, 0.25) is 0 Å². The number of fused-ring (bicyclic) bond motifs is 1. The number of hydrogen-bond donors (Lipinski definition) is 4. The molecule has 0 saturated heterocycles. The van der Waals surface area contributed by atoms with Crippen molar-refractivity contribution >= 4 is 44.8 Å². The van der Waals surface area contributed by atoms with Gasteiger partial charge in [-0.15, -0.1) is 11.3 Å². The second kappa shape index (κ2) is 8.21. The van der Waals surface area contributed by atoms with E-state index in [0.717, 1.165) is 21.3 Å². The van der Waals surface area contributed by atoms with E-state index < -0.39 is 5.97 Å². The first-order valence-electron chi connectivity index (χ1n) is 8.85. The fourth-order valence-corrected chi connectivity index (χ4v) is 3.64. The molecule has 4 aromatic rings. The number of carboxylic acids is 1. The molecular weight excluding hydrogens is 388 g/mol. The minimum atomic E-state index is -1.01. The number of anilines is 3. The maximum atomic E-state index is 11.4. The summed E-state index contributed by atoms with van der Waals surface area (Å²) in [5, 5.41) is 17.4. The fourth-order valence-electron chi connectivity index (χ4n) is 2.93.